The Bertz CT molecular complexity index is 921. The predicted molar refractivity (Wildman–Crippen MR) is 100.0 cm³/mol. The minimum absolute atomic E-state index is 0.198. The van der Waals surface area contributed by atoms with E-state index in [4.69, 9.17) is 23.2 Å². The molecule has 3 aromatic rings. The van der Waals surface area contributed by atoms with Gasteiger partial charge >= 0.3 is 5.97 Å². The third-order valence-corrected chi connectivity index (χ3v) is 4.61. The van der Waals surface area contributed by atoms with Crippen molar-refractivity contribution in [2.75, 3.05) is 0 Å². The average molecular weight is 375 g/mol. The van der Waals surface area contributed by atoms with Gasteiger partial charge in [0.05, 0.1) is 21.4 Å². The van der Waals surface area contributed by atoms with Crippen molar-refractivity contribution < 1.29 is 9.90 Å². The Labute approximate surface area is 155 Å². The van der Waals surface area contributed by atoms with E-state index in [1.165, 1.54) is 0 Å². The lowest BCUT2D eigenvalue weighted by Crippen LogP contribution is -2.06. The van der Waals surface area contributed by atoms with Gasteiger partial charge in [0.2, 0.25) is 0 Å². The van der Waals surface area contributed by atoms with Crippen molar-refractivity contribution in [3.63, 3.8) is 0 Å². The van der Waals surface area contributed by atoms with Gasteiger partial charge in [-0.15, -0.1) is 0 Å². The van der Waals surface area contributed by atoms with Gasteiger partial charge in [-0.2, -0.15) is 5.10 Å². The van der Waals surface area contributed by atoms with E-state index in [0.29, 0.717) is 33.4 Å². The van der Waals surface area contributed by atoms with Gasteiger partial charge in [0.1, 0.15) is 11.3 Å². The molecule has 0 radical (unpaired) electrons. The Morgan fingerprint density at radius 1 is 1.12 bits per heavy atom. The number of halogens is 2. The summed E-state index contributed by atoms with van der Waals surface area (Å²) in [5.74, 6) is -1.01. The van der Waals surface area contributed by atoms with E-state index in [9.17, 15) is 9.90 Å². The summed E-state index contributed by atoms with van der Waals surface area (Å²) < 4.78 is 1.70. The van der Waals surface area contributed by atoms with E-state index < -0.39 is 5.97 Å². The Morgan fingerprint density at radius 3 is 2.44 bits per heavy atom. The quantitative estimate of drug-likeness (QED) is 0.641. The van der Waals surface area contributed by atoms with Gasteiger partial charge in [0.25, 0.3) is 0 Å². The summed E-state index contributed by atoms with van der Waals surface area (Å²) in [6, 6.07) is 14.5. The molecule has 0 saturated carbocycles. The number of rotatable bonds is 5. The third-order valence-electron chi connectivity index (χ3n) is 3.88. The van der Waals surface area contributed by atoms with E-state index in [2.05, 4.69) is 5.10 Å². The first-order chi connectivity index (χ1) is 12.0. The van der Waals surface area contributed by atoms with Crippen LogP contribution in [-0.4, -0.2) is 20.9 Å². The Morgan fingerprint density at radius 2 is 1.84 bits per heavy atom. The Hall–Kier alpha value is -2.30. The molecule has 25 heavy (non-hydrogen) atoms. The smallest absolute Gasteiger partial charge is 0.339 e. The molecule has 0 fully saturated rings. The second-order valence-electron chi connectivity index (χ2n) is 5.60. The van der Waals surface area contributed by atoms with Gasteiger partial charge in [0, 0.05) is 5.56 Å². The zero-order chi connectivity index (χ0) is 18.0. The van der Waals surface area contributed by atoms with Crippen molar-refractivity contribution in [3.8, 4) is 16.9 Å². The lowest BCUT2D eigenvalue weighted by atomic mass is 10.0. The van der Waals surface area contributed by atoms with Gasteiger partial charge in [-0.05, 0) is 30.7 Å². The highest BCUT2D eigenvalue weighted by Gasteiger charge is 2.25. The molecule has 0 aliphatic carbocycles. The highest BCUT2D eigenvalue weighted by Crippen LogP contribution is 2.32. The number of hydrogen-bond donors (Lipinski definition) is 1. The summed E-state index contributed by atoms with van der Waals surface area (Å²) in [7, 11) is 0. The number of aromatic nitrogens is 2. The number of carboxylic acid groups (broad SMARTS) is 1. The Balaban J connectivity index is 2.28. The van der Waals surface area contributed by atoms with Crippen LogP contribution in [0.2, 0.25) is 10.0 Å². The number of benzene rings is 2. The highest BCUT2D eigenvalue weighted by atomic mass is 35.5. The lowest BCUT2D eigenvalue weighted by Gasteiger charge is -2.07. The lowest BCUT2D eigenvalue weighted by molar-refractivity contribution is 0.0696. The fraction of sp³-hybridized carbons (Fsp3) is 0.158. The van der Waals surface area contributed by atoms with Gasteiger partial charge in [-0.25, -0.2) is 9.48 Å². The zero-order valence-corrected chi connectivity index (χ0v) is 15.1. The molecule has 0 atom stereocenters. The van der Waals surface area contributed by atoms with Crippen molar-refractivity contribution >= 4 is 29.2 Å². The first kappa shape index (κ1) is 17.5. The normalized spacial score (nSPS) is 10.8. The SMILES string of the molecule is CCCc1c(C(=O)O)c(-c2ccc(Cl)c(Cl)c2)nn1-c1ccccc1. The summed E-state index contributed by atoms with van der Waals surface area (Å²) in [5, 5.41) is 15.2. The summed E-state index contributed by atoms with van der Waals surface area (Å²) in [6.45, 7) is 2.01. The predicted octanol–water partition coefficient (Wildman–Crippen LogP) is 5.50. The molecule has 3 rings (SSSR count). The largest absolute Gasteiger partial charge is 0.478 e. The number of aromatic carboxylic acids is 1. The van der Waals surface area contributed by atoms with E-state index in [1.807, 2.05) is 37.3 Å². The van der Waals surface area contributed by atoms with Crippen molar-refractivity contribution in [2.24, 2.45) is 0 Å². The minimum atomic E-state index is -1.01. The molecule has 2 aromatic carbocycles. The van der Waals surface area contributed by atoms with Crippen LogP contribution < -0.4 is 0 Å². The molecule has 0 saturated heterocycles. The van der Waals surface area contributed by atoms with E-state index in [-0.39, 0.29) is 5.56 Å². The fourth-order valence-corrected chi connectivity index (χ4v) is 3.07. The van der Waals surface area contributed by atoms with Crippen LogP contribution in [0.25, 0.3) is 16.9 Å². The first-order valence-electron chi connectivity index (χ1n) is 7.89. The van der Waals surface area contributed by atoms with Crippen LogP contribution in [0.4, 0.5) is 0 Å². The fourth-order valence-electron chi connectivity index (χ4n) is 2.77. The van der Waals surface area contributed by atoms with Crippen LogP contribution in [0, 0.1) is 0 Å². The van der Waals surface area contributed by atoms with Crippen molar-refractivity contribution in [3.05, 3.63) is 69.8 Å². The molecule has 0 aliphatic rings. The molecule has 1 N–H and O–H groups in total. The molecule has 4 nitrogen and oxygen atoms in total. The number of carboxylic acids is 1. The maximum absolute atomic E-state index is 12.0. The van der Waals surface area contributed by atoms with E-state index >= 15 is 0 Å². The van der Waals surface area contributed by atoms with Crippen molar-refractivity contribution in [1.82, 2.24) is 9.78 Å². The minimum Gasteiger partial charge on any atom is -0.478 e. The molecule has 1 aromatic heterocycles. The molecular weight excluding hydrogens is 359 g/mol. The summed E-state index contributed by atoms with van der Waals surface area (Å²) in [4.78, 5) is 12.0. The maximum Gasteiger partial charge on any atom is 0.339 e. The van der Waals surface area contributed by atoms with E-state index in [0.717, 1.165) is 12.1 Å². The van der Waals surface area contributed by atoms with Crippen LogP contribution in [0.1, 0.15) is 29.4 Å². The van der Waals surface area contributed by atoms with Crippen molar-refractivity contribution in [2.45, 2.75) is 19.8 Å². The molecule has 0 unspecified atom stereocenters. The second-order valence-corrected chi connectivity index (χ2v) is 6.42. The molecule has 0 amide bonds. The standard InChI is InChI=1S/C19H16Cl2N2O2/c1-2-6-16-17(19(24)25)18(12-9-10-14(20)15(21)11-12)22-23(16)13-7-4-3-5-8-13/h3-5,7-11H,2,6H2,1H3,(H,24,25). The van der Waals surface area contributed by atoms with Crippen LogP contribution in [0.3, 0.4) is 0 Å². The van der Waals surface area contributed by atoms with Gasteiger partial charge in [0.15, 0.2) is 0 Å². The molecule has 6 heteroatoms. The monoisotopic (exact) mass is 374 g/mol. The number of hydrogen-bond acceptors (Lipinski definition) is 2. The van der Waals surface area contributed by atoms with Crippen molar-refractivity contribution in [1.29, 1.82) is 0 Å². The molecule has 1 heterocycles. The third kappa shape index (κ3) is 3.41. The molecule has 128 valence electrons. The highest BCUT2D eigenvalue weighted by molar-refractivity contribution is 6.42. The van der Waals surface area contributed by atoms with Crippen LogP contribution in [-0.2, 0) is 6.42 Å². The van der Waals surface area contributed by atoms with E-state index in [1.54, 1.807) is 22.9 Å². The summed E-state index contributed by atoms with van der Waals surface area (Å²) >= 11 is 12.1. The van der Waals surface area contributed by atoms with Crippen LogP contribution >= 0.6 is 23.2 Å². The summed E-state index contributed by atoms with van der Waals surface area (Å²) in [6.07, 6.45) is 1.41. The summed E-state index contributed by atoms with van der Waals surface area (Å²) in [5.41, 5.74) is 2.70. The molecule has 0 spiro atoms. The van der Waals surface area contributed by atoms with Gasteiger partial charge < -0.3 is 5.11 Å². The number of para-hydroxylation sites is 1. The molecular formula is C19H16Cl2N2O2. The number of carbonyl (C=O) groups is 1. The topological polar surface area (TPSA) is 55.1 Å². The number of nitrogens with zero attached hydrogens (tertiary/aromatic N) is 2. The molecule has 0 aliphatic heterocycles. The second kappa shape index (κ2) is 7.30. The maximum atomic E-state index is 12.0. The first-order valence-corrected chi connectivity index (χ1v) is 8.64. The molecule has 0 bridgehead atoms. The zero-order valence-electron chi connectivity index (χ0n) is 13.5. The Kier molecular flexibility index (Phi) is 5.11. The van der Waals surface area contributed by atoms with Crippen LogP contribution in [0.5, 0.6) is 0 Å². The average Bonchev–Trinajstić information content (AvgIpc) is 2.98. The van der Waals surface area contributed by atoms with Crippen LogP contribution in [0.15, 0.2) is 48.5 Å². The van der Waals surface area contributed by atoms with Gasteiger partial charge in [-0.3, -0.25) is 0 Å². The van der Waals surface area contributed by atoms with Gasteiger partial charge in [-0.1, -0.05) is 60.8 Å².